The number of nitrogens with zero attached hydrogens (tertiary/aromatic N) is 1. The summed E-state index contributed by atoms with van der Waals surface area (Å²) in [6, 6.07) is 10.9. The zero-order valence-electron chi connectivity index (χ0n) is 12.6. The van der Waals surface area contributed by atoms with Crippen molar-refractivity contribution in [2.45, 2.75) is 32.4 Å². The van der Waals surface area contributed by atoms with E-state index in [4.69, 9.17) is 10.5 Å². The second-order valence-electron chi connectivity index (χ2n) is 5.69. The van der Waals surface area contributed by atoms with Gasteiger partial charge in [-0.2, -0.15) is 0 Å². The van der Waals surface area contributed by atoms with Gasteiger partial charge in [0.15, 0.2) is 0 Å². The quantitative estimate of drug-likeness (QED) is 0.875. The molecule has 1 aromatic heterocycles. The Balaban J connectivity index is 1.59. The van der Waals surface area contributed by atoms with Crippen LogP contribution in [0.15, 0.2) is 35.7 Å². The van der Waals surface area contributed by atoms with Crippen LogP contribution in [0, 0.1) is 0 Å². The molecule has 0 radical (unpaired) electrons. The summed E-state index contributed by atoms with van der Waals surface area (Å²) in [5, 5.41) is 2.21. The Bertz CT molecular complexity index is 593. The van der Waals surface area contributed by atoms with Crippen LogP contribution in [0.5, 0.6) is 5.75 Å². The molecule has 4 heteroatoms. The summed E-state index contributed by atoms with van der Waals surface area (Å²) in [7, 11) is 0. The Hall–Kier alpha value is -1.52. The Morgan fingerprint density at radius 2 is 2.00 bits per heavy atom. The third-order valence-corrected chi connectivity index (χ3v) is 5.37. The van der Waals surface area contributed by atoms with Crippen molar-refractivity contribution >= 4 is 17.0 Å². The van der Waals surface area contributed by atoms with Gasteiger partial charge in [0.25, 0.3) is 0 Å². The van der Waals surface area contributed by atoms with Crippen LogP contribution in [-0.2, 0) is 6.42 Å². The summed E-state index contributed by atoms with van der Waals surface area (Å²) < 4.78 is 5.84. The zero-order valence-corrected chi connectivity index (χ0v) is 13.4. The Morgan fingerprint density at radius 1 is 1.24 bits per heavy atom. The summed E-state index contributed by atoms with van der Waals surface area (Å²) in [5.74, 6) is 0.887. The van der Waals surface area contributed by atoms with E-state index in [1.54, 1.807) is 0 Å². The van der Waals surface area contributed by atoms with Gasteiger partial charge in [-0.05, 0) is 61.5 Å². The lowest BCUT2D eigenvalue weighted by Crippen LogP contribution is -2.42. The van der Waals surface area contributed by atoms with E-state index in [0.717, 1.165) is 24.4 Å². The highest BCUT2D eigenvalue weighted by Gasteiger charge is 2.29. The van der Waals surface area contributed by atoms with Gasteiger partial charge in [-0.1, -0.05) is 0 Å². The van der Waals surface area contributed by atoms with E-state index >= 15 is 0 Å². The fourth-order valence-corrected chi connectivity index (χ4v) is 4.11. The van der Waals surface area contributed by atoms with Crippen LogP contribution < -0.4 is 10.5 Å². The fraction of sp³-hybridized carbons (Fsp3) is 0.412. The van der Waals surface area contributed by atoms with Gasteiger partial charge in [0.1, 0.15) is 12.4 Å². The van der Waals surface area contributed by atoms with Gasteiger partial charge >= 0.3 is 0 Å². The maximum Gasteiger partial charge on any atom is 0.119 e. The molecule has 3 nitrogen and oxygen atoms in total. The van der Waals surface area contributed by atoms with Crippen molar-refractivity contribution in [3.63, 3.8) is 0 Å². The van der Waals surface area contributed by atoms with Crippen molar-refractivity contribution in [1.82, 2.24) is 4.90 Å². The molecule has 1 aliphatic heterocycles. The first-order valence-electron chi connectivity index (χ1n) is 7.45. The van der Waals surface area contributed by atoms with Crippen molar-refractivity contribution in [3.05, 3.63) is 46.2 Å². The van der Waals surface area contributed by atoms with Crippen molar-refractivity contribution in [1.29, 1.82) is 0 Å². The summed E-state index contributed by atoms with van der Waals surface area (Å²) in [5.41, 5.74) is 7.97. The second kappa shape index (κ2) is 6.08. The maximum atomic E-state index is 5.84. The van der Waals surface area contributed by atoms with E-state index < -0.39 is 0 Å². The molecule has 0 saturated carbocycles. The van der Waals surface area contributed by atoms with Gasteiger partial charge in [0.2, 0.25) is 0 Å². The molecular weight excluding hydrogens is 280 g/mol. The SMILES string of the molecule is C[C@@H]1Cc2ccsc2[C@H](C)N1CCOc1ccc(N)cc1. The molecule has 1 aliphatic rings. The Kier molecular flexibility index (Phi) is 4.17. The molecule has 0 bridgehead atoms. The van der Waals surface area contributed by atoms with Crippen molar-refractivity contribution in [2.24, 2.45) is 0 Å². The first-order valence-corrected chi connectivity index (χ1v) is 8.33. The van der Waals surface area contributed by atoms with E-state index in [0.29, 0.717) is 18.7 Å². The van der Waals surface area contributed by atoms with Crippen LogP contribution in [0.4, 0.5) is 5.69 Å². The van der Waals surface area contributed by atoms with Gasteiger partial charge in [0.05, 0.1) is 0 Å². The minimum atomic E-state index is 0.485. The maximum absolute atomic E-state index is 5.84. The molecule has 0 amide bonds. The van der Waals surface area contributed by atoms with E-state index in [9.17, 15) is 0 Å². The standard InChI is InChI=1S/C17H22N2OS/c1-12-11-14-7-10-21-17(14)13(2)19(12)8-9-20-16-5-3-15(18)4-6-16/h3-7,10,12-13H,8-9,11,18H2,1-2H3/t12-,13+/m1/s1. The molecule has 2 aromatic rings. The molecule has 21 heavy (non-hydrogen) atoms. The number of benzene rings is 1. The summed E-state index contributed by atoms with van der Waals surface area (Å²) in [6.45, 7) is 6.26. The highest BCUT2D eigenvalue weighted by Crippen LogP contribution is 2.36. The lowest BCUT2D eigenvalue weighted by molar-refractivity contribution is 0.115. The van der Waals surface area contributed by atoms with Crippen molar-refractivity contribution < 1.29 is 4.74 Å². The number of fused-ring (bicyclic) bond motifs is 1. The lowest BCUT2D eigenvalue weighted by atomic mass is 9.97. The van der Waals surface area contributed by atoms with Crippen LogP contribution in [0.2, 0.25) is 0 Å². The second-order valence-corrected chi connectivity index (χ2v) is 6.64. The average Bonchev–Trinajstić information content (AvgIpc) is 2.93. The number of ether oxygens (including phenoxy) is 1. The molecule has 112 valence electrons. The monoisotopic (exact) mass is 302 g/mol. The van der Waals surface area contributed by atoms with E-state index in [1.807, 2.05) is 35.6 Å². The minimum Gasteiger partial charge on any atom is -0.492 e. The Morgan fingerprint density at radius 3 is 2.76 bits per heavy atom. The highest BCUT2D eigenvalue weighted by atomic mass is 32.1. The third kappa shape index (κ3) is 3.06. The predicted molar refractivity (Wildman–Crippen MR) is 89.0 cm³/mol. The van der Waals surface area contributed by atoms with Crippen molar-refractivity contribution in [3.8, 4) is 5.75 Å². The summed E-state index contributed by atoms with van der Waals surface area (Å²) in [6.07, 6.45) is 1.14. The van der Waals surface area contributed by atoms with Crippen molar-refractivity contribution in [2.75, 3.05) is 18.9 Å². The highest BCUT2D eigenvalue weighted by molar-refractivity contribution is 7.10. The van der Waals surface area contributed by atoms with Gasteiger partial charge in [0, 0.05) is 29.2 Å². The zero-order chi connectivity index (χ0) is 14.8. The molecule has 2 heterocycles. The minimum absolute atomic E-state index is 0.485. The van der Waals surface area contributed by atoms with E-state index in [1.165, 1.54) is 10.4 Å². The number of rotatable bonds is 4. The Labute approximate surface area is 130 Å². The smallest absolute Gasteiger partial charge is 0.119 e. The molecular formula is C17H22N2OS. The number of nitrogen functional groups attached to an aromatic ring is 1. The largest absolute Gasteiger partial charge is 0.492 e. The predicted octanol–water partition coefficient (Wildman–Crippen LogP) is 3.72. The molecule has 0 unspecified atom stereocenters. The van der Waals surface area contributed by atoms with Crippen LogP contribution in [-0.4, -0.2) is 24.1 Å². The number of anilines is 1. The molecule has 0 fully saturated rings. The first-order chi connectivity index (χ1) is 10.1. The van der Waals surface area contributed by atoms with E-state index in [-0.39, 0.29) is 0 Å². The molecule has 0 saturated heterocycles. The molecule has 2 N–H and O–H groups in total. The summed E-state index contributed by atoms with van der Waals surface area (Å²) in [4.78, 5) is 4.05. The summed E-state index contributed by atoms with van der Waals surface area (Å²) >= 11 is 1.87. The van der Waals surface area contributed by atoms with Gasteiger partial charge < -0.3 is 10.5 Å². The molecule has 0 aliphatic carbocycles. The van der Waals surface area contributed by atoms with E-state index in [2.05, 4.69) is 30.2 Å². The molecule has 3 rings (SSSR count). The topological polar surface area (TPSA) is 38.5 Å². The lowest BCUT2D eigenvalue weighted by Gasteiger charge is -2.38. The van der Waals surface area contributed by atoms with Gasteiger partial charge in [-0.15, -0.1) is 11.3 Å². The van der Waals surface area contributed by atoms with Gasteiger partial charge in [-0.25, -0.2) is 0 Å². The molecule has 2 atom stereocenters. The third-order valence-electron chi connectivity index (χ3n) is 4.24. The van der Waals surface area contributed by atoms with Gasteiger partial charge in [-0.3, -0.25) is 4.90 Å². The molecule has 1 aromatic carbocycles. The number of nitrogens with two attached hydrogens (primary N) is 1. The average molecular weight is 302 g/mol. The number of thiophene rings is 1. The first kappa shape index (κ1) is 14.4. The van der Waals surface area contributed by atoms with Crippen LogP contribution in [0.25, 0.3) is 0 Å². The molecule has 0 spiro atoms. The van der Waals surface area contributed by atoms with Crippen LogP contribution in [0.1, 0.15) is 30.3 Å². The van der Waals surface area contributed by atoms with Crippen LogP contribution >= 0.6 is 11.3 Å². The number of hydrogen-bond donors (Lipinski definition) is 1. The van der Waals surface area contributed by atoms with Crippen LogP contribution in [0.3, 0.4) is 0 Å². The fourth-order valence-electron chi connectivity index (χ4n) is 3.10. The number of hydrogen-bond acceptors (Lipinski definition) is 4. The normalized spacial score (nSPS) is 22.0.